The summed E-state index contributed by atoms with van der Waals surface area (Å²) in [5, 5.41) is 1.15. The van der Waals surface area contributed by atoms with E-state index in [2.05, 4.69) is 0 Å². The molecule has 1 aromatic carbocycles. The average Bonchev–Trinajstić information content (AvgIpc) is 3.15. The zero-order valence-electron chi connectivity index (χ0n) is 10.1. The van der Waals surface area contributed by atoms with E-state index in [-0.39, 0.29) is 32.7 Å². The highest BCUT2D eigenvalue weighted by atomic mass is 35.5. The molecule has 0 radical (unpaired) electrons. The van der Waals surface area contributed by atoms with Crippen LogP contribution in [0.5, 0.6) is 0 Å². The third-order valence-electron chi connectivity index (χ3n) is 3.31. The van der Waals surface area contributed by atoms with Crippen LogP contribution < -0.4 is 0 Å². The van der Waals surface area contributed by atoms with Gasteiger partial charge in [0.1, 0.15) is 5.78 Å². The molecule has 2 rings (SSSR count). The predicted molar refractivity (Wildman–Crippen MR) is 82.3 cm³/mol. The van der Waals surface area contributed by atoms with Crippen LogP contribution in [0.25, 0.3) is 0 Å². The summed E-state index contributed by atoms with van der Waals surface area (Å²) >= 11 is 30.4. The molecule has 1 fully saturated rings. The Labute approximate surface area is 137 Å². The third kappa shape index (κ3) is 2.87. The zero-order chi connectivity index (χ0) is 14.3. The SMILES string of the molecule is CCCC(=O)C1CC1c1c(Cl)c(Cl)c(Cl)c(Cl)c1Cl. The maximum Gasteiger partial charge on any atom is 0.136 e. The second kappa shape index (κ2) is 5.99. The van der Waals surface area contributed by atoms with E-state index in [1.165, 1.54) is 0 Å². The van der Waals surface area contributed by atoms with Gasteiger partial charge in [-0.05, 0) is 24.3 Å². The lowest BCUT2D eigenvalue weighted by Gasteiger charge is -2.12. The molecule has 19 heavy (non-hydrogen) atoms. The smallest absolute Gasteiger partial charge is 0.136 e. The van der Waals surface area contributed by atoms with Gasteiger partial charge < -0.3 is 0 Å². The molecule has 104 valence electrons. The molecule has 1 saturated carbocycles. The lowest BCUT2D eigenvalue weighted by molar-refractivity contribution is -0.120. The Kier molecular flexibility index (Phi) is 4.96. The molecule has 0 aliphatic heterocycles. The van der Waals surface area contributed by atoms with E-state index in [4.69, 9.17) is 58.0 Å². The molecule has 0 N–H and O–H groups in total. The van der Waals surface area contributed by atoms with Crippen LogP contribution in [0.3, 0.4) is 0 Å². The normalized spacial score (nSPS) is 21.6. The number of carbonyl (C=O) groups is 1. The second-order valence-electron chi connectivity index (χ2n) is 4.65. The van der Waals surface area contributed by atoms with Crippen molar-refractivity contribution in [3.63, 3.8) is 0 Å². The standard InChI is InChI=1S/C13H11Cl5O/c1-2-3-7(19)5-4-6(5)8-9(14)11(16)13(18)12(17)10(8)15/h5-6H,2-4H2,1H3. The number of benzene rings is 1. The van der Waals surface area contributed by atoms with Gasteiger partial charge in [0.15, 0.2) is 0 Å². The molecule has 0 bridgehead atoms. The molecule has 1 aromatic rings. The Morgan fingerprint density at radius 1 is 1.00 bits per heavy atom. The first-order valence-electron chi connectivity index (χ1n) is 5.94. The summed E-state index contributed by atoms with van der Waals surface area (Å²) in [6.45, 7) is 1.98. The van der Waals surface area contributed by atoms with Gasteiger partial charge in [-0.25, -0.2) is 0 Å². The summed E-state index contributed by atoms with van der Waals surface area (Å²) in [5.74, 6) is 0.219. The molecule has 2 unspecified atom stereocenters. The minimum atomic E-state index is -0.0248. The molecular weight excluding hydrogens is 349 g/mol. The topological polar surface area (TPSA) is 17.1 Å². The summed E-state index contributed by atoms with van der Waals surface area (Å²) in [6.07, 6.45) is 2.16. The first-order chi connectivity index (χ1) is 8.90. The molecule has 1 nitrogen and oxygen atoms in total. The van der Waals surface area contributed by atoms with Gasteiger partial charge in [-0.1, -0.05) is 64.9 Å². The Balaban J connectivity index is 2.36. The fourth-order valence-corrected chi connectivity index (χ4v) is 3.68. The van der Waals surface area contributed by atoms with Gasteiger partial charge in [-0.15, -0.1) is 0 Å². The quantitative estimate of drug-likeness (QED) is 0.447. The number of hydrogen-bond donors (Lipinski definition) is 0. The van der Waals surface area contributed by atoms with Gasteiger partial charge in [-0.3, -0.25) is 4.79 Å². The highest BCUT2D eigenvalue weighted by Gasteiger charge is 2.46. The number of hydrogen-bond acceptors (Lipinski definition) is 1. The van der Waals surface area contributed by atoms with Crippen LogP contribution >= 0.6 is 58.0 Å². The first-order valence-corrected chi connectivity index (χ1v) is 7.83. The molecule has 1 aliphatic carbocycles. The van der Waals surface area contributed by atoms with Crippen LogP contribution in [-0.4, -0.2) is 5.78 Å². The van der Waals surface area contributed by atoms with Crippen LogP contribution in [0.2, 0.25) is 25.1 Å². The van der Waals surface area contributed by atoms with Crippen molar-refractivity contribution >= 4 is 63.8 Å². The summed E-state index contributed by atoms with van der Waals surface area (Å²) in [6, 6.07) is 0. The van der Waals surface area contributed by atoms with E-state index in [1.54, 1.807) is 0 Å². The largest absolute Gasteiger partial charge is 0.299 e. The molecular formula is C13H11Cl5O. The van der Waals surface area contributed by atoms with Crippen molar-refractivity contribution in [1.82, 2.24) is 0 Å². The fourth-order valence-electron chi connectivity index (χ4n) is 2.25. The van der Waals surface area contributed by atoms with Gasteiger partial charge in [0.25, 0.3) is 0 Å². The van der Waals surface area contributed by atoms with Crippen molar-refractivity contribution in [2.45, 2.75) is 32.1 Å². The van der Waals surface area contributed by atoms with Gasteiger partial charge in [0, 0.05) is 12.3 Å². The summed E-state index contributed by atoms with van der Waals surface area (Å²) in [5.41, 5.74) is 0.650. The summed E-state index contributed by atoms with van der Waals surface area (Å²) in [7, 11) is 0. The van der Waals surface area contributed by atoms with E-state index in [9.17, 15) is 4.79 Å². The van der Waals surface area contributed by atoms with Crippen molar-refractivity contribution in [3.05, 3.63) is 30.7 Å². The molecule has 6 heteroatoms. The van der Waals surface area contributed by atoms with Gasteiger partial charge in [0.2, 0.25) is 0 Å². The zero-order valence-corrected chi connectivity index (χ0v) is 13.9. The van der Waals surface area contributed by atoms with E-state index in [1.807, 2.05) is 6.92 Å². The van der Waals surface area contributed by atoms with E-state index >= 15 is 0 Å². The van der Waals surface area contributed by atoms with E-state index < -0.39 is 0 Å². The summed E-state index contributed by atoms with van der Waals surface area (Å²) in [4.78, 5) is 11.9. The molecule has 0 amide bonds. The summed E-state index contributed by atoms with van der Waals surface area (Å²) < 4.78 is 0. The Morgan fingerprint density at radius 2 is 1.47 bits per heavy atom. The van der Waals surface area contributed by atoms with Crippen LogP contribution in [0, 0.1) is 5.92 Å². The monoisotopic (exact) mass is 358 g/mol. The van der Waals surface area contributed by atoms with Crippen molar-refractivity contribution in [1.29, 1.82) is 0 Å². The van der Waals surface area contributed by atoms with Crippen LogP contribution in [0.4, 0.5) is 0 Å². The number of rotatable bonds is 4. The highest BCUT2D eigenvalue weighted by molar-refractivity contribution is 6.55. The van der Waals surface area contributed by atoms with Crippen LogP contribution in [0.15, 0.2) is 0 Å². The van der Waals surface area contributed by atoms with E-state index in [0.29, 0.717) is 22.0 Å². The fraction of sp³-hybridized carbons (Fsp3) is 0.462. The molecule has 0 saturated heterocycles. The minimum absolute atomic E-state index is 0.00585. The number of carbonyl (C=O) groups excluding carboxylic acids is 1. The van der Waals surface area contributed by atoms with Crippen LogP contribution in [0.1, 0.15) is 37.7 Å². The number of Topliss-reactive ketones (excluding diaryl/α,β-unsaturated/α-hetero) is 1. The molecule has 0 spiro atoms. The van der Waals surface area contributed by atoms with Crippen molar-refractivity contribution < 1.29 is 4.79 Å². The molecule has 0 aromatic heterocycles. The maximum atomic E-state index is 11.9. The van der Waals surface area contributed by atoms with Gasteiger partial charge in [0.05, 0.1) is 25.1 Å². The minimum Gasteiger partial charge on any atom is -0.299 e. The Bertz CT molecular complexity index is 511. The van der Waals surface area contributed by atoms with Crippen molar-refractivity contribution in [2.24, 2.45) is 5.92 Å². The maximum absolute atomic E-state index is 11.9. The van der Waals surface area contributed by atoms with Gasteiger partial charge >= 0.3 is 0 Å². The third-order valence-corrected chi connectivity index (χ3v) is 5.62. The number of halogens is 5. The van der Waals surface area contributed by atoms with E-state index in [0.717, 1.165) is 12.8 Å². The highest BCUT2D eigenvalue weighted by Crippen LogP contribution is 2.56. The first kappa shape index (κ1) is 15.7. The van der Waals surface area contributed by atoms with Crippen molar-refractivity contribution in [2.75, 3.05) is 0 Å². The van der Waals surface area contributed by atoms with Gasteiger partial charge in [-0.2, -0.15) is 0 Å². The lowest BCUT2D eigenvalue weighted by atomic mass is 10.1. The molecule has 2 atom stereocenters. The average molecular weight is 360 g/mol. The van der Waals surface area contributed by atoms with Crippen LogP contribution in [-0.2, 0) is 4.79 Å². The molecule has 1 aliphatic rings. The Hall–Kier alpha value is 0.340. The van der Waals surface area contributed by atoms with Crippen molar-refractivity contribution in [3.8, 4) is 0 Å². The Morgan fingerprint density at radius 3 is 1.95 bits per heavy atom. The molecule has 0 heterocycles. The predicted octanol–water partition coefficient (Wildman–Crippen LogP) is 6.43. The lowest BCUT2D eigenvalue weighted by Crippen LogP contribution is -2.02. The number of ketones is 1. The second-order valence-corrected chi connectivity index (χ2v) is 6.54.